The topological polar surface area (TPSA) is 32.8 Å². The summed E-state index contributed by atoms with van der Waals surface area (Å²) in [4.78, 5) is 16.1. The number of urea groups is 1. The number of hydrogen-bond donors (Lipinski definition) is 0. The lowest BCUT2D eigenvalue weighted by Crippen LogP contribution is -2.37. The third-order valence-corrected chi connectivity index (χ3v) is 5.37. The number of allylic oxidation sites excluding steroid dienone is 4. The van der Waals surface area contributed by atoms with Gasteiger partial charge in [-0.15, -0.1) is 0 Å². The van der Waals surface area contributed by atoms with Crippen molar-refractivity contribution in [1.29, 1.82) is 0 Å². The highest BCUT2D eigenvalue weighted by molar-refractivity contribution is 5.77. The molecule has 1 aromatic rings. The SMILES string of the molecule is O=C(N1C=COC(C2=CC=CCC2)=C1)N1CCC(c2cccc(C(F)(F)F)c2)C1. The van der Waals surface area contributed by atoms with Crippen molar-refractivity contribution < 1.29 is 22.7 Å². The molecule has 1 aliphatic carbocycles. The van der Waals surface area contributed by atoms with Crippen molar-refractivity contribution in [2.75, 3.05) is 13.1 Å². The molecule has 1 aromatic carbocycles. The van der Waals surface area contributed by atoms with Crippen molar-refractivity contribution >= 4 is 6.03 Å². The molecule has 1 atom stereocenters. The molecule has 3 aliphatic rings. The van der Waals surface area contributed by atoms with E-state index in [9.17, 15) is 18.0 Å². The minimum absolute atomic E-state index is 0.110. The van der Waals surface area contributed by atoms with Gasteiger partial charge in [0.05, 0.1) is 11.8 Å². The van der Waals surface area contributed by atoms with Crippen molar-refractivity contribution in [3.05, 3.63) is 83.6 Å². The average Bonchev–Trinajstić information content (AvgIpc) is 3.24. The zero-order chi connectivity index (χ0) is 20.4. The Kier molecular flexibility index (Phi) is 5.22. The number of benzene rings is 1. The first kappa shape index (κ1) is 19.4. The molecule has 4 rings (SSSR count). The van der Waals surface area contributed by atoms with E-state index >= 15 is 0 Å². The van der Waals surface area contributed by atoms with Crippen LogP contribution in [0, 0.1) is 0 Å². The van der Waals surface area contributed by atoms with Gasteiger partial charge in [0.2, 0.25) is 0 Å². The van der Waals surface area contributed by atoms with E-state index in [4.69, 9.17) is 4.74 Å². The van der Waals surface area contributed by atoms with Gasteiger partial charge in [-0.2, -0.15) is 13.2 Å². The molecular weight excluding hydrogens is 381 g/mol. The molecule has 0 saturated carbocycles. The second-order valence-electron chi connectivity index (χ2n) is 7.30. The molecule has 7 heteroatoms. The van der Waals surface area contributed by atoms with Gasteiger partial charge in [-0.25, -0.2) is 4.79 Å². The maximum absolute atomic E-state index is 13.0. The predicted molar refractivity (Wildman–Crippen MR) is 102 cm³/mol. The summed E-state index contributed by atoms with van der Waals surface area (Å²) >= 11 is 0. The summed E-state index contributed by atoms with van der Waals surface area (Å²) in [5.74, 6) is 0.528. The van der Waals surface area contributed by atoms with Gasteiger partial charge >= 0.3 is 12.2 Å². The minimum Gasteiger partial charge on any atom is -0.462 e. The third-order valence-electron chi connectivity index (χ3n) is 5.37. The first-order valence-electron chi connectivity index (χ1n) is 9.57. The number of ether oxygens (including phenoxy) is 1. The fourth-order valence-corrected chi connectivity index (χ4v) is 3.79. The summed E-state index contributed by atoms with van der Waals surface area (Å²) < 4.78 is 44.5. The molecule has 29 heavy (non-hydrogen) atoms. The van der Waals surface area contributed by atoms with Crippen molar-refractivity contribution in [2.24, 2.45) is 0 Å². The van der Waals surface area contributed by atoms with Crippen LogP contribution in [0.2, 0.25) is 0 Å². The van der Waals surface area contributed by atoms with E-state index in [1.54, 1.807) is 23.4 Å². The largest absolute Gasteiger partial charge is 0.462 e. The molecular formula is C22H21F3N2O2. The molecule has 1 unspecified atom stereocenters. The molecule has 0 spiro atoms. The quantitative estimate of drug-likeness (QED) is 0.651. The van der Waals surface area contributed by atoms with E-state index in [1.807, 2.05) is 12.2 Å². The Morgan fingerprint density at radius 2 is 2.10 bits per heavy atom. The fraction of sp³-hybridized carbons (Fsp3) is 0.318. The standard InChI is InChI=1S/C22H21F3N2O2/c23-22(24,25)19-8-4-7-17(13-19)18-9-10-26(14-18)21(28)27-11-12-29-20(15-27)16-5-2-1-3-6-16/h1-2,4-5,7-8,11-13,15,18H,3,6,9-10,14H2. The van der Waals surface area contributed by atoms with Gasteiger partial charge in [0, 0.05) is 25.2 Å². The normalized spacial score (nSPS) is 21.7. The number of likely N-dealkylation sites (tertiary alicyclic amines) is 1. The van der Waals surface area contributed by atoms with Crippen molar-refractivity contribution in [3.63, 3.8) is 0 Å². The number of rotatable bonds is 2. The van der Waals surface area contributed by atoms with E-state index in [-0.39, 0.29) is 11.9 Å². The van der Waals surface area contributed by atoms with Gasteiger partial charge in [-0.05, 0) is 36.5 Å². The van der Waals surface area contributed by atoms with Crippen molar-refractivity contribution in [1.82, 2.24) is 9.80 Å². The number of carbonyl (C=O) groups is 1. The average molecular weight is 402 g/mol. The number of amides is 2. The summed E-state index contributed by atoms with van der Waals surface area (Å²) in [5, 5.41) is 0. The Morgan fingerprint density at radius 3 is 2.86 bits per heavy atom. The summed E-state index contributed by atoms with van der Waals surface area (Å²) in [6.07, 6.45) is 8.75. The molecule has 2 heterocycles. The van der Waals surface area contributed by atoms with Gasteiger partial charge in [0.15, 0.2) is 0 Å². The molecule has 1 saturated heterocycles. The third kappa shape index (κ3) is 4.23. The zero-order valence-electron chi connectivity index (χ0n) is 15.7. The van der Waals surface area contributed by atoms with E-state index < -0.39 is 11.7 Å². The van der Waals surface area contributed by atoms with Crippen molar-refractivity contribution in [2.45, 2.75) is 31.4 Å². The van der Waals surface area contributed by atoms with Gasteiger partial charge in [0.25, 0.3) is 0 Å². The van der Waals surface area contributed by atoms with E-state index in [2.05, 4.69) is 6.08 Å². The van der Waals surface area contributed by atoms with Gasteiger partial charge in [0.1, 0.15) is 12.0 Å². The Morgan fingerprint density at radius 1 is 1.24 bits per heavy atom. The van der Waals surface area contributed by atoms with Crippen LogP contribution in [0.1, 0.15) is 36.3 Å². The number of halogens is 3. The van der Waals surface area contributed by atoms with Crippen LogP contribution in [0.25, 0.3) is 0 Å². The fourth-order valence-electron chi connectivity index (χ4n) is 3.79. The first-order chi connectivity index (χ1) is 13.9. The number of carbonyl (C=O) groups excluding carboxylic acids is 1. The highest BCUT2D eigenvalue weighted by Gasteiger charge is 2.33. The van der Waals surface area contributed by atoms with Crippen LogP contribution in [0.5, 0.6) is 0 Å². The summed E-state index contributed by atoms with van der Waals surface area (Å²) in [6.45, 7) is 0.888. The Hall–Kier alpha value is -2.96. The highest BCUT2D eigenvalue weighted by Crippen LogP contribution is 2.34. The molecule has 2 aliphatic heterocycles. The zero-order valence-corrected chi connectivity index (χ0v) is 15.7. The van der Waals surface area contributed by atoms with Crippen molar-refractivity contribution in [3.8, 4) is 0 Å². The van der Waals surface area contributed by atoms with Crippen LogP contribution in [-0.2, 0) is 10.9 Å². The molecule has 0 bridgehead atoms. The number of alkyl halides is 3. The molecule has 0 aromatic heterocycles. The summed E-state index contributed by atoms with van der Waals surface area (Å²) in [6, 6.07) is 5.18. The Labute approximate surface area is 167 Å². The monoisotopic (exact) mass is 402 g/mol. The Bertz CT molecular complexity index is 915. The number of hydrogen-bond acceptors (Lipinski definition) is 2. The van der Waals surface area contributed by atoms with Crippen LogP contribution >= 0.6 is 0 Å². The van der Waals surface area contributed by atoms with Crippen LogP contribution in [0.4, 0.5) is 18.0 Å². The lowest BCUT2D eigenvalue weighted by atomic mass is 9.96. The smallest absolute Gasteiger partial charge is 0.416 e. The maximum atomic E-state index is 13.0. The van der Waals surface area contributed by atoms with Gasteiger partial charge in [-0.1, -0.05) is 36.4 Å². The van der Waals surface area contributed by atoms with Crippen LogP contribution in [0.15, 0.2) is 72.5 Å². The lowest BCUT2D eigenvalue weighted by molar-refractivity contribution is -0.137. The van der Waals surface area contributed by atoms with E-state index in [1.165, 1.54) is 23.3 Å². The second kappa shape index (κ2) is 7.81. The molecule has 2 amide bonds. The van der Waals surface area contributed by atoms with E-state index in [0.29, 0.717) is 30.8 Å². The maximum Gasteiger partial charge on any atom is 0.416 e. The molecule has 0 N–H and O–H groups in total. The second-order valence-corrected chi connectivity index (χ2v) is 7.30. The van der Waals surface area contributed by atoms with Crippen LogP contribution in [0.3, 0.4) is 0 Å². The molecule has 4 nitrogen and oxygen atoms in total. The van der Waals surface area contributed by atoms with Gasteiger partial charge in [-0.3, -0.25) is 4.90 Å². The van der Waals surface area contributed by atoms with Gasteiger partial charge < -0.3 is 9.64 Å². The summed E-state index contributed by atoms with van der Waals surface area (Å²) in [5.41, 5.74) is 0.985. The van der Waals surface area contributed by atoms with Crippen LogP contribution in [-0.4, -0.2) is 28.9 Å². The summed E-state index contributed by atoms with van der Waals surface area (Å²) in [7, 11) is 0. The molecule has 152 valence electrons. The molecule has 1 fully saturated rings. The molecule has 0 radical (unpaired) electrons. The highest BCUT2D eigenvalue weighted by atomic mass is 19.4. The first-order valence-corrected chi connectivity index (χ1v) is 9.57. The minimum atomic E-state index is -4.37. The van der Waals surface area contributed by atoms with Crippen LogP contribution < -0.4 is 0 Å². The number of nitrogens with zero attached hydrogens (tertiary/aromatic N) is 2. The Balaban J connectivity index is 1.45. The predicted octanol–water partition coefficient (Wildman–Crippen LogP) is 5.54. The van der Waals surface area contributed by atoms with E-state index in [0.717, 1.165) is 24.5 Å². The lowest BCUT2D eigenvalue weighted by Gasteiger charge is -2.26.